The van der Waals surface area contributed by atoms with Crippen LogP contribution in [0.1, 0.15) is 24.0 Å². The van der Waals surface area contributed by atoms with Crippen molar-refractivity contribution >= 4 is 17.3 Å². The van der Waals surface area contributed by atoms with Crippen LogP contribution in [0.4, 0.5) is 11.4 Å². The molecule has 0 spiro atoms. The average molecular weight is 380 g/mol. The molecule has 1 aliphatic carbocycles. The van der Waals surface area contributed by atoms with Crippen molar-refractivity contribution in [1.82, 2.24) is 0 Å². The second-order valence-corrected chi connectivity index (χ2v) is 7.71. The molecular weight excluding hydrogens is 352 g/mol. The summed E-state index contributed by atoms with van der Waals surface area (Å²) < 4.78 is 10.6. The van der Waals surface area contributed by atoms with E-state index in [1.54, 1.807) is 14.2 Å². The number of benzene rings is 2. The molecule has 1 aliphatic heterocycles. The van der Waals surface area contributed by atoms with E-state index in [1.165, 1.54) is 18.4 Å². The van der Waals surface area contributed by atoms with Crippen molar-refractivity contribution < 1.29 is 14.3 Å². The highest BCUT2D eigenvalue weighted by molar-refractivity contribution is 5.97. The lowest BCUT2D eigenvalue weighted by molar-refractivity contribution is -0.117. The van der Waals surface area contributed by atoms with Crippen LogP contribution in [0.3, 0.4) is 0 Å². The molecule has 148 valence electrons. The number of fused-ring (bicyclic) bond motifs is 1. The van der Waals surface area contributed by atoms with Crippen LogP contribution in [-0.2, 0) is 22.4 Å². The van der Waals surface area contributed by atoms with Crippen molar-refractivity contribution in [3.8, 4) is 5.75 Å². The molecule has 0 bridgehead atoms. The Hall–Kier alpha value is -2.53. The zero-order valence-electron chi connectivity index (χ0n) is 16.6. The number of amides is 1. The maximum Gasteiger partial charge on any atom is 0.231 e. The van der Waals surface area contributed by atoms with Gasteiger partial charge >= 0.3 is 0 Å². The van der Waals surface area contributed by atoms with Gasteiger partial charge in [-0.05, 0) is 60.6 Å². The predicted molar refractivity (Wildman–Crippen MR) is 111 cm³/mol. The van der Waals surface area contributed by atoms with E-state index in [-0.39, 0.29) is 5.91 Å². The maximum absolute atomic E-state index is 13.0. The van der Waals surface area contributed by atoms with Gasteiger partial charge in [0.15, 0.2) is 0 Å². The number of anilines is 2. The standard InChI is InChI=1S/C23H28N2O3/c1-27-15-21(17-6-7-17)24-19-9-8-18-10-11-25(22(18)14-19)23(26)13-16-4-3-5-20(12-16)28-2/h3-5,8-9,12,14,17,21,24H,6-7,10-11,13,15H2,1-2H3. The largest absolute Gasteiger partial charge is 0.497 e. The summed E-state index contributed by atoms with van der Waals surface area (Å²) in [5.74, 6) is 1.60. The van der Waals surface area contributed by atoms with Crippen LogP contribution in [0, 0.1) is 5.92 Å². The van der Waals surface area contributed by atoms with Crippen LogP contribution in [0.25, 0.3) is 0 Å². The Balaban J connectivity index is 1.48. The van der Waals surface area contributed by atoms with E-state index < -0.39 is 0 Å². The number of carbonyl (C=O) groups excluding carboxylic acids is 1. The molecule has 1 fully saturated rings. The van der Waals surface area contributed by atoms with Crippen molar-refractivity contribution in [3.05, 3.63) is 53.6 Å². The predicted octanol–water partition coefficient (Wildman–Crippen LogP) is 3.66. The van der Waals surface area contributed by atoms with Gasteiger partial charge in [-0.15, -0.1) is 0 Å². The molecule has 0 saturated heterocycles. The number of nitrogens with zero attached hydrogens (tertiary/aromatic N) is 1. The highest BCUT2D eigenvalue weighted by Crippen LogP contribution is 2.36. The second kappa shape index (κ2) is 8.23. The lowest BCUT2D eigenvalue weighted by Gasteiger charge is -2.21. The number of hydrogen-bond acceptors (Lipinski definition) is 4. The second-order valence-electron chi connectivity index (χ2n) is 7.71. The SMILES string of the molecule is COCC(Nc1ccc2c(c1)N(C(=O)Cc1cccc(OC)c1)CC2)C1CC1. The van der Waals surface area contributed by atoms with Crippen LogP contribution in [0.5, 0.6) is 5.75 Å². The van der Waals surface area contributed by atoms with Crippen molar-refractivity contribution in [2.45, 2.75) is 31.7 Å². The molecular formula is C23H28N2O3. The Morgan fingerprint density at radius 3 is 2.82 bits per heavy atom. The highest BCUT2D eigenvalue weighted by atomic mass is 16.5. The molecule has 1 unspecified atom stereocenters. The number of hydrogen-bond donors (Lipinski definition) is 1. The summed E-state index contributed by atoms with van der Waals surface area (Å²) in [6.07, 6.45) is 3.81. The van der Waals surface area contributed by atoms with Gasteiger partial charge in [0.25, 0.3) is 0 Å². The minimum Gasteiger partial charge on any atom is -0.497 e. The quantitative estimate of drug-likeness (QED) is 0.759. The molecule has 2 aromatic carbocycles. The van der Waals surface area contributed by atoms with Crippen LogP contribution in [0.15, 0.2) is 42.5 Å². The third-order valence-electron chi connectivity index (χ3n) is 5.66. The first kappa shape index (κ1) is 18.8. The third-order valence-corrected chi connectivity index (χ3v) is 5.66. The zero-order chi connectivity index (χ0) is 19.5. The summed E-state index contributed by atoms with van der Waals surface area (Å²) in [6, 6.07) is 14.5. The zero-order valence-corrected chi connectivity index (χ0v) is 16.6. The van der Waals surface area contributed by atoms with Gasteiger partial charge in [0.1, 0.15) is 5.75 Å². The fraction of sp³-hybridized carbons (Fsp3) is 0.435. The molecule has 1 N–H and O–H groups in total. The minimum atomic E-state index is 0.125. The van der Waals surface area contributed by atoms with E-state index in [0.29, 0.717) is 25.0 Å². The van der Waals surface area contributed by atoms with Crippen LogP contribution >= 0.6 is 0 Å². The smallest absolute Gasteiger partial charge is 0.231 e. The summed E-state index contributed by atoms with van der Waals surface area (Å²) in [6.45, 7) is 1.45. The van der Waals surface area contributed by atoms with Gasteiger partial charge in [0, 0.05) is 25.0 Å². The van der Waals surface area contributed by atoms with E-state index in [1.807, 2.05) is 29.2 Å². The normalized spacial score (nSPS) is 16.6. The Bertz CT molecular complexity index is 847. The molecule has 1 amide bonds. The van der Waals surface area contributed by atoms with Gasteiger partial charge in [0.2, 0.25) is 5.91 Å². The van der Waals surface area contributed by atoms with Crippen LogP contribution < -0.4 is 15.0 Å². The number of rotatable bonds is 8. The van der Waals surface area contributed by atoms with E-state index >= 15 is 0 Å². The Morgan fingerprint density at radius 1 is 1.21 bits per heavy atom. The lowest BCUT2D eigenvalue weighted by atomic mass is 10.1. The van der Waals surface area contributed by atoms with Gasteiger partial charge in [-0.1, -0.05) is 18.2 Å². The molecule has 4 rings (SSSR count). The van der Waals surface area contributed by atoms with Crippen molar-refractivity contribution in [3.63, 3.8) is 0 Å². The van der Waals surface area contributed by atoms with Crippen LogP contribution in [-0.4, -0.2) is 39.3 Å². The maximum atomic E-state index is 13.0. The molecule has 5 nitrogen and oxygen atoms in total. The monoisotopic (exact) mass is 380 g/mol. The molecule has 2 aliphatic rings. The van der Waals surface area contributed by atoms with Crippen molar-refractivity contribution in [2.75, 3.05) is 37.6 Å². The molecule has 28 heavy (non-hydrogen) atoms. The first-order valence-electron chi connectivity index (χ1n) is 9.99. The first-order chi connectivity index (χ1) is 13.7. The van der Waals surface area contributed by atoms with Gasteiger partial charge in [-0.3, -0.25) is 4.79 Å². The van der Waals surface area contributed by atoms with Gasteiger partial charge in [-0.2, -0.15) is 0 Å². The Labute approximate surface area is 166 Å². The molecule has 2 aromatic rings. The third kappa shape index (κ3) is 4.14. The summed E-state index contributed by atoms with van der Waals surface area (Å²) >= 11 is 0. The van der Waals surface area contributed by atoms with Gasteiger partial charge in [-0.25, -0.2) is 0 Å². The van der Waals surface area contributed by atoms with Crippen LogP contribution in [0.2, 0.25) is 0 Å². The number of methoxy groups -OCH3 is 2. The number of carbonyl (C=O) groups is 1. The van der Waals surface area contributed by atoms with Crippen molar-refractivity contribution in [2.24, 2.45) is 5.92 Å². The molecule has 0 aromatic heterocycles. The Kier molecular flexibility index (Phi) is 5.53. The average Bonchev–Trinajstić information content (AvgIpc) is 3.47. The van der Waals surface area contributed by atoms with E-state index in [2.05, 4.69) is 23.5 Å². The summed E-state index contributed by atoms with van der Waals surface area (Å²) in [4.78, 5) is 14.9. The minimum absolute atomic E-state index is 0.125. The van der Waals surface area contributed by atoms with E-state index in [0.717, 1.165) is 35.7 Å². The van der Waals surface area contributed by atoms with Crippen molar-refractivity contribution in [1.29, 1.82) is 0 Å². The number of ether oxygens (including phenoxy) is 2. The fourth-order valence-electron chi connectivity index (χ4n) is 3.97. The first-order valence-corrected chi connectivity index (χ1v) is 9.99. The summed E-state index contributed by atoms with van der Waals surface area (Å²) in [5, 5.41) is 3.62. The molecule has 1 atom stereocenters. The van der Waals surface area contributed by atoms with E-state index in [9.17, 15) is 4.79 Å². The van der Waals surface area contributed by atoms with E-state index in [4.69, 9.17) is 9.47 Å². The Morgan fingerprint density at radius 2 is 2.07 bits per heavy atom. The molecule has 5 heteroatoms. The lowest BCUT2D eigenvalue weighted by Crippen LogP contribution is -2.30. The summed E-state index contributed by atoms with van der Waals surface area (Å²) in [7, 11) is 3.39. The number of nitrogens with one attached hydrogen (secondary N) is 1. The highest BCUT2D eigenvalue weighted by Gasteiger charge is 2.31. The topological polar surface area (TPSA) is 50.8 Å². The van der Waals surface area contributed by atoms with Gasteiger partial charge in [0.05, 0.1) is 26.2 Å². The molecule has 1 heterocycles. The van der Waals surface area contributed by atoms with Gasteiger partial charge < -0.3 is 19.7 Å². The summed E-state index contributed by atoms with van der Waals surface area (Å²) in [5.41, 5.74) is 4.30. The fourth-order valence-corrected chi connectivity index (χ4v) is 3.97. The molecule has 1 saturated carbocycles. The molecule has 0 radical (unpaired) electrons.